The maximum atomic E-state index is 2.41. The van der Waals surface area contributed by atoms with Crippen molar-refractivity contribution in [3.8, 4) is 0 Å². The van der Waals surface area contributed by atoms with Crippen LogP contribution in [0.1, 0.15) is 71.8 Å². The van der Waals surface area contributed by atoms with Crippen molar-refractivity contribution in [2.45, 2.75) is 72.6 Å². The van der Waals surface area contributed by atoms with Crippen molar-refractivity contribution < 1.29 is 0 Å². The molecular formula is C25H38. The summed E-state index contributed by atoms with van der Waals surface area (Å²) in [4.78, 5) is 0. The monoisotopic (exact) mass is 338 g/mol. The maximum absolute atomic E-state index is 2.41. The topological polar surface area (TPSA) is 0 Å². The average Bonchev–Trinajstić information content (AvgIpc) is 3.02. The molecule has 1 aromatic rings. The lowest BCUT2D eigenvalue weighted by atomic mass is 9.76. The van der Waals surface area contributed by atoms with Gasteiger partial charge in [0.15, 0.2) is 0 Å². The van der Waals surface area contributed by atoms with Gasteiger partial charge in [0, 0.05) is 0 Å². The standard InChI is InChI=1S/C18H24.C7H14/c1-3-17(18-12-8-7-9-15(18)2)14-13-16-10-5-4-6-11-16;1-7(2)5-3-4-6-7/h4-12,15,17-18H,3,13-14H2,1-2H3;3-6H2,1-2H3. The maximum Gasteiger partial charge on any atom is -0.0142 e. The third kappa shape index (κ3) is 6.84. The molecule has 0 aromatic heterocycles. The number of rotatable bonds is 5. The van der Waals surface area contributed by atoms with E-state index in [0.717, 1.165) is 11.8 Å². The Morgan fingerprint density at radius 1 is 1.00 bits per heavy atom. The Hall–Kier alpha value is -1.30. The average molecular weight is 339 g/mol. The van der Waals surface area contributed by atoms with E-state index in [1.807, 2.05) is 0 Å². The first-order chi connectivity index (χ1) is 12.0. The van der Waals surface area contributed by atoms with E-state index in [0.29, 0.717) is 11.3 Å². The smallest absolute Gasteiger partial charge is 0.0142 e. The Balaban J connectivity index is 0.000000269. The van der Waals surface area contributed by atoms with E-state index in [1.54, 1.807) is 0 Å². The second kappa shape index (κ2) is 10.00. The van der Waals surface area contributed by atoms with Gasteiger partial charge >= 0.3 is 0 Å². The predicted molar refractivity (Wildman–Crippen MR) is 112 cm³/mol. The molecule has 3 atom stereocenters. The molecular weight excluding hydrogens is 300 g/mol. The number of benzene rings is 1. The van der Waals surface area contributed by atoms with Gasteiger partial charge in [-0.1, -0.05) is 102 Å². The summed E-state index contributed by atoms with van der Waals surface area (Å²) in [6.07, 6.45) is 18.8. The Morgan fingerprint density at radius 3 is 2.16 bits per heavy atom. The van der Waals surface area contributed by atoms with Gasteiger partial charge in [-0.05, 0) is 54.4 Å². The van der Waals surface area contributed by atoms with Crippen LogP contribution in [0, 0.1) is 23.2 Å². The highest BCUT2D eigenvalue weighted by atomic mass is 14.3. The molecule has 3 rings (SSSR count). The zero-order valence-corrected chi connectivity index (χ0v) is 16.9. The Labute approximate surface area is 156 Å². The third-order valence-electron chi connectivity index (χ3n) is 6.14. The summed E-state index contributed by atoms with van der Waals surface area (Å²) in [7, 11) is 0. The normalized spacial score (nSPS) is 25.3. The molecule has 0 N–H and O–H groups in total. The van der Waals surface area contributed by atoms with Gasteiger partial charge in [0.1, 0.15) is 0 Å². The van der Waals surface area contributed by atoms with E-state index in [9.17, 15) is 0 Å². The van der Waals surface area contributed by atoms with Crippen LogP contribution in [0.5, 0.6) is 0 Å². The van der Waals surface area contributed by atoms with Crippen LogP contribution < -0.4 is 0 Å². The largest absolute Gasteiger partial charge is 0.0811 e. The Bertz CT molecular complexity index is 526. The van der Waals surface area contributed by atoms with Gasteiger partial charge in [-0.2, -0.15) is 0 Å². The fraction of sp³-hybridized carbons (Fsp3) is 0.600. The summed E-state index contributed by atoms with van der Waals surface area (Å²) in [5.74, 6) is 2.22. The molecule has 3 unspecified atom stereocenters. The molecule has 0 spiro atoms. The van der Waals surface area contributed by atoms with Crippen molar-refractivity contribution in [2.75, 3.05) is 0 Å². The van der Waals surface area contributed by atoms with Gasteiger partial charge in [-0.25, -0.2) is 0 Å². The molecule has 1 saturated carbocycles. The predicted octanol–water partition coefficient (Wildman–Crippen LogP) is 7.61. The molecule has 0 heteroatoms. The zero-order valence-electron chi connectivity index (χ0n) is 16.9. The quantitative estimate of drug-likeness (QED) is 0.518. The zero-order chi connectivity index (χ0) is 18.1. The molecule has 138 valence electrons. The highest BCUT2D eigenvalue weighted by molar-refractivity contribution is 5.16. The van der Waals surface area contributed by atoms with Crippen LogP contribution in [0.2, 0.25) is 0 Å². The lowest BCUT2D eigenvalue weighted by Gasteiger charge is -2.29. The van der Waals surface area contributed by atoms with Gasteiger partial charge in [0.05, 0.1) is 0 Å². The van der Waals surface area contributed by atoms with Gasteiger partial charge in [0.25, 0.3) is 0 Å². The van der Waals surface area contributed by atoms with Crippen molar-refractivity contribution in [3.05, 3.63) is 60.2 Å². The van der Waals surface area contributed by atoms with Crippen LogP contribution in [0.25, 0.3) is 0 Å². The van der Waals surface area contributed by atoms with Crippen LogP contribution in [0.3, 0.4) is 0 Å². The highest BCUT2D eigenvalue weighted by Gasteiger charge is 2.23. The molecule has 0 aliphatic heterocycles. The first-order valence-electron chi connectivity index (χ1n) is 10.4. The van der Waals surface area contributed by atoms with Crippen LogP contribution in [-0.2, 0) is 6.42 Å². The van der Waals surface area contributed by atoms with E-state index in [2.05, 4.69) is 82.3 Å². The first kappa shape index (κ1) is 20.0. The highest BCUT2D eigenvalue weighted by Crippen LogP contribution is 2.36. The molecule has 0 amide bonds. The molecule has 1 aromatic carbocycles. The van der Waals surface area contributed by atoms with Crippen LogP contribution in [-0.4, -0.2) is 0 Å². The van der Waals surface area contributed by atoms with E-state index in [4.69, 9.17) is 0 Å². The van der Waals surface area contributed by atoms with E-state index in [-0.39, 0.29) is 0 Å². The van der Waals surface area contributed by atoms with Crippen molar-refractivity contribution in [3.63, 3.8) is 0 Å². The number of aryl methyl sites for hydroxylation is 1. The summed E-state index contributed by atoms with van der Waals surface area (Å²) >= 11 is 0. The van der Waals surface area contributed by atoms with E-state index in [1.165, 1.54) is 50.5 Å². The lowest BCUT2D eigenvalue weighted by molar-refractivity contribution is 0.304. The van der Waals surface area contributed by atoms with Crippen LogP contribution in [0.4, 0.5) is 0 Å². The lowest BCUT2D eigenvalue weighted by Crippen LogP contribution is -2.20. The molecule has 25 heavy (non-hydrogen) atoms. The van der Waals surface area contributed by atoms with Gasteiger partial charge in [0.2, 0.25) is 0 Å². The van der Waals surface area contributed by atoms with Crippen molar-refractivity contribution in [1.82, 2.24) is 0 Å². The Kier molecular flexibility index (Phi) is 8.00. The second-order valence-corrected chi connectivity index (χ2v) is 8.77. The summed E-state index contributed by atoms with van der Waals surface area (Å²) in [6.45, 7) is 9.39. The molecule has 2 aliphatic carbocycles. The fourth-order valence-corrected chi connectivity index (χ4v) is 4.32. The number of hydrogen-bond acceptors (Lipinski definition) is 0. The molecule has 0 saturated heterocycles. The first-order valence-corrected chi connectivity index (χ1v) is 10.4. The second-order valence-electron chi connectivity index (χ2n) is 8.77. The summed E-state index contributed by atoms with van der Waals surface area (Å²) in [6, 6.07) is 10.9. The van der Waals surface area contributed by atoms with Crippen molar-refractivity contribution in [2.24, 2.45) is 23.2 Å². The van der Waals surface area contributed by atoms with Crippen LogP contribution in [0.15, 0.2) is 54.6 Å². The van der Waals surface area contributed by atoms with Gasteiger partial charge in [-0.15, -0.1) is 0 Å². The molecule has 1 fully saturated rings. The summed E-state index contributed by atoms with van der Waals surface area (Å²) < 4.78 is 0. The van der Waals surface area contributed by atoms with Gasteiger partial charge in [-0.3, -0.25) is 0 Å². The minimum absolute atomic E-state index is 0.690. The van der Waals surface area contributed by atoms with Crippen LogP contribution >= 0.6 is 0 Å². The third-order valence-corrected chi connectivity index (χ3v) is 6.14. The molecule has 0 nitrogen and oxygen atoms in total. The van der Waals surface area contributed by atoms with Crippen molar-refractivity contribution in [1.29, 1.82) is 0 Å². The molecule has 0 heterocycles. The SMILES string of the molecule is CC1(C)CCCC1.CCC(CCc1ccccc1)C1C=CC=CC1C. The van der Waals surface area contributed by atoms with Gasteiger partial charge < -0.3 is 0 Å². The van der Waals surface area contributed by atoms with Crippen molar-refractivity contribution >= 4 is 0 Å². The Morgan fingerprint density at radius 2 is 1.64 bits per heavy atom. The minimum atomic E-state index is 0.690. The summed E-state index contributed by atoms with van der Waals surface area (Å²) in [5.41, 5.74) is 2.17. The fourth-order valence-electron chi connectivity index (χ4n) is 4.32. The minimum Gasteiger partial charge on any atom is -0.0811 e. The number of allylic oxidation sites excluding steroid dienone is 4. The summed E-state index contributed by atoms with van der Waals surface area (Å²) in [5, 5.41) is 0. The molecule has 0 bridgehead atoms. The molecule has 0 radical (unpaired) electrons. The number of hydrogen-bond donors (Lipinski definition) is 0. The van der Waals surface area contributed by atoms with E-state index < -0.39 is 0 Å². The van der Waals surface area contributed by atoms with E-state index >= 15 is 0 Å². The molecule has 2 aliphatic rings.